The van der Waals surface area contributed by atoms with E-state index in [4.69, 9.17) is 9.47 Å². The molecule has 0 bridgehead atoms. The van der Waals surface area contributed by atoms with Crippen LogP contribution in [0.2, 0.25) is 0 Å². The molecular weight excluding hydrogens is 633 g/mol. The van der Waals surface area contributed by atoms with E-state index < -0.39 is 6.10 Å². The fourth-order valence-corrected chi connectivity index (χ4v) is 6.33. The van der Waals surface area contributed by atoms with Gasteiger partial charge < -0.3 is 14.6 Å². The van der Waals surface area contributed by atoms with Crippen molar-refractivity contribution in [3.05, 3.63) is 36.5 Å². The van der Waals surface area contributed by atoms with Crippen LogP contribution in [0.25, 0.3) is 0 Å². The highest BCUT2D eigenvalue weighted by Gasteiger charge is 2.16. The first kappa shape index (κ1) is 49.1. The third-order valence-corrected chi connectivity index (χ3v) is 9.69. The molecule has 0 aromatic heterocycles. The number of carbonyl (C=O) groups excluding carboxylic acids is 2. The summed E-state index contributed by atoms with van der Waals surface area (Å²) < 4.78 is 10.5. The normalized spacial score (nSPS) is 12.5. The van der Waals surface area contributed by atoms with E-state index in [1.165, 1.54) is 148 Å². The molecule has 0 rings (SSSR count). The molecule has 0 aromatic carbocycles. The molecule has 1 atom stereocenters. The summed E-state index contributed by atoms with van der Waals surface area (Å²) >= 11 is 0. The van der Waals surface area contributed by atoms with Crippen LogP contribution in [0.4, 0.5) is 0 Å². The van der Waals surface area contributed by atoms with Crippen LogP contribution in [0.3, 0.4) is 0 Å². The molecule has 1 unspecified atom stereocenters. The molecule has 5 nitrogen and oxygen atoms in total. The second-order valence-corrected chi connectivity index (χ2v) is 14.8. The third kappa shape index (κ3) is 40.7. The fraction of sp³-hybridized carbons (Fsp3) is 0.826. The quantitative estimate of drug-likeness (QED) is 0.0388. The number of esters is 2. The first-order chi connectivity index (χ1) is 25.1. The lowest BCUT2D eigenvalue weighted by Gasteiger charge is -2.15. The highest BCUT2D eigenvalue weighted by atomic mass is 16.6. The van der Waals surface area contributed by atoms with Gasteiger partial charge in [-0.2, -0.15) is 0 Å². The van der Waals surface area contributed by atoms with Crippen LogP contribution in [-0.4, -0.2) is 36.4 Å². The van der Waals surface area contributed by atoms with Crippen LogP contribution >= 0.6 is 0 Å². The zero-order valence-corrected chi connectivity index (χ0v) is 33.9. The molecule has 0 heterocycles. The average molecular weight is 717 g/mol. The maximum Gasteiger partial charge on any atom is 0.306 e. The number of unbranched alkanes of at least 4 members (excludes halogenated alkanes) is 26. The monoisotopic (exact) mass is 717 g/mol. The number of aliphatic hydroxyl groups excluding tert-OH is 1. The predicted octanol–water partition coefficient (Wildman–Crippen LogP) is 14.0. The summed E-state index contributed by atoms with van der Waals surface area (Å²) in [5, 5.41) is 9.50. The SMILES string of the molecule is CCCCCCC/C=C\C/C=C\C/C=C\CCCCCCCCCCCCCCCCCCC(=O)OC(CO)COC(=O)CCCCCCCC. The van der Waals surface area contributed by atoms with Crippen molar-refractivity contribution in [3.63, 3.8) is 0 Å². The van der Waals surface area contributed by atoms with E-state index >= 15 is 0 Å². The van der Waals surface area contributed by atoms with E-state index in [2.05, 4.69) is 50.3 Å². The first-order valence-corrected chi connectivity index (χ1v) is 22.0. The standard InChI is InChI=1S/C46H84O5/c1-3-5-7-9-11-12-13-14-15-16-17-18-19-20-21-22-23-24-25-26-27-28-29-30-31-32-33-34-35-37-39-41-46(49)51-44(42-47)43-50-45(48)40-38-36-10-8-6-4-2/h13-14,16-17,19-20,44,47H,3-12,15,18,21-43H2,1-2H3/b14-13-,17-16-,20-19-. The van der Waals surface area contributed by atoms with Crippen LogP contribution in [0.15, 0.2) is 36.5 Å². The highest BCUT2D eigenvalue weighted by Crippen LogP contribution is 2.15. The van der Waals surface area contributed by atoms with Crippen molar-refractivity contribution in [2.45, 2.75) is 232 Å². The van der Waals surface area contributed by atoms with Crippen LogP contribution in [0.5, 0.6) is 0 Å². The molecule has 1 N–H and O–H groups in total. The van der Waals surface area contributed by atoms with E-state index in [9.17, 15) is 14.7 Å². The second-order valence-electron chi connectivity index (χ2n) is 14.8. The van der Waals surface area contributed by atoms with E-state index in [1.54, 1.807) is 0 Å². The molecule has 0 fully saturated rings. The van der Waals surface area contributed by atoms with Gasteiger partial charge in [0.1, 0.15) is 6.61 Å². The summed E-state index contributed by atoms with van der Waals surface area (Å²) in [6, 6.07) is 0. The Kier molecular flexibility index (Phi) is 41.0. The van der Waals surface area contributed by atoms with Gasteiger partial charge in [-0.05, 0) is 51.4 Å². The lowest BCUT2D eigenvalue weighted by molar-refractivity contribution is -0.161. The van der Waals surface area contributed by atoms with E-state index in [-0.39, 0.29) is 25.2 Å². The minimum atomic E-state index is -0.765. The van der Waals surface area contributed by atoms with Gasteiger partial charge in [-0.1, -0.05) is 198 Å². The Morgan fingerprint density at radius 2 is 0.784 bits per heavy atom. The molecule has 0 amide bonds. The van der Waals surface area contributed by atoms with Crippen LogP contribution in [0, 0.1) is 0 Å². The number of carbonyl (C=O) groups is 2. The summed E-state index contributed by atoms with van der Waals surface area (Å²) in [6.07, 6.45) is 52.6. The molecule has 51 heavy (non-hydrogen) atoms. The van der Waals surface area contributed by atoms with Crippen LogP contribution in [0.1, 0.15) is 226 Å². The minimum absolute atomic E-state index is 0.0634. The summed E-state index contributed by atoms with van der Waals surface area (Å²) in [7, 11) is 0. The number of hydrogen-bond acceptors (Lipinski definition) is 5. The lowest BCUT2D eigenvalue weighted by atomic mass is 10.0. The Morgan fingerprint density at radius 3 is 1.18 bits per heavy atom. The molecule has 298 valence electrons. The molecule has 0 aliphatic rings. The molecule has 0 aromatic rings. The average Bonchev–Trinajstić information content (AvgIpc) is 3.13. The van der Waals surface area contributed by atoms with Crippen molar-refractivity contribution in [2.24, 2.45) is 0 Å². The van der Waals surface area contributed by atoms with Crippen LogP contribution in [-0.2, 0) is 19.1 Å². The molecule has 0 radical (unpaired) electrons. The second kappa shape index (κ2) is 42.5. The van der Waals surface area contributed by atoms with Gasteiger partial charge in [0.2, 0.25) is 0 Å². The summed E-state index contributed by atoms with van der Waals surface area (Å²) in [5.41, 5.74) is 0. The van der Waals surface area contributed by atoms with Crippen molar-refractivity contribution in [3.8, 4) is 0 Å². The number of rotatable bonds is 40. The van der Waals surface area contributed by atoms with Gasteiger partial charge in [0.15, 0.2) is 6.10 Å². The Morgan fingerprint density at radius 1 is 0.451 bits per heavy atom. The maximum absolute atomic E-state index is 12.1. The van der Waals surface area contributed by atoms with Crippen molar-refractivity contribution >= 4 is 11.9 Å². The fourth-order valence-electron chi connectivity index (χ4n) is 6.33. The molecule has 0 saturated heterocycles. The van der Waals surface area contributed by atoms with Gasteiger partial charge in [0.25, 0.3) is 0 Å². The zero-order valence-electron chi connectivity index (χ0n) is 33.9. The molecule has 0 aliphatic carbocycles. The largest absolute Gasteiger partial charge is 0.462 e. The van der Waals surface area contributed by atoms with Gasteiger partial charge in [-0.15, -0.1) is 0 Å². The Bertz CT molecular complexity index is 816. The smallest absolute Gasteiger partial charge is 0.306 e. The van der Waals surface area contributed by atoms with Gasteiger partial charge in [0.05, 0.1) is 6.61 Å². The van der Waals surface area contributed by atoms with Crippen molar-refractivity contribution < 1.29 is 24.2 Å². The minimum Gasteiger partial charge on any atom is -0.462 e. The number of aliphatic hydroxyl groups is 1. The lowest BCUT2D eigenvalue weighted by Crippen LogP contribution is -2.28. The van der Waals surface area contributed by atoms with Crippen molar-refractivity contribution in [1.29, 1.82) is 0 Å². The predicted molar refractivity (Wildman–Crippen MR) is 219 cm³/mol. The molecule has 0 saturated carbocycles. The summed E-state index contributed by atoms with van der Waals surface area (Å²) in [5.74, 6) is -0.595. The topological polar surface area (TPSA) is 72.8 Å². The van der Waals surface area contributed by atoms with Crippen LogP contribution < -0.4 is 0 Å². The number of ether oxygens (including phenoxy) is 2. The summed E-state index contributed by atoms with van der Waals surface area (Å²) in [4.78, 5) is 24.0. The van der Waals surface area contributed by atoms with E-state index in [0.717, 1.165) is 51.4 Å². The van der Waals surface area contributed by atoms with Crippen molar-refractivity contribution in [2.75, 3.05) is 13.2 Å². The highest BCUT2D eigenvalue weighted by molar-refractivity contribution is 5.70. The van der Waals surface area contributed by atoms with E-state index in [0.29, 0.717) is 12.8 Å². The van der Waals surface area contributed by atoms with Gasteiger partial charge >= 0.3 is 11.9 Å². The Balaban J connectivity index is 3.41. The Hall–Kier alpha value is -1.88. The first-order valence-electron chi connectivity index (χ1n) is 22.0. The number of allylic oxidation sites excluding steroid dienone is 6. The summed E-state index contributed by atoms with van der Waals surface area (Å²) in [6.45, 7) is 4.07. The van der Waals surface area contributed by atoms with Gasteiger partial charge in [0, 0.05) is 12.8 Å². The zero-order chi connectivity index (χ0) is 37.1. The van der Waals surface area contributed by atoms with Gasteiger partial charge in [-0.25, -0.2) is 0 Å². The number of hydrogen-bond donors (Lipinski definition) is 1. The molecule has 0 aliphatic heterocycles. The molecular formula is C46H84O5. The third-order valence-electron chi connectivity index (χ3n) is 9.69. The molecule has 5 heteroatoms. The molecule has 0 spiro atoms. The van der Waals surface area contributed by atoms with Crippen molar-refractivity contribution in [1.82, 2.24) is 0 Å². The maximum atomic E-state index is 12.1. The van der Waals surface area contributed by atoms with Gasteiger partial charge in [-0.3, -0.25) is 9.59 Å². The van der Waals surface area contributed by atoms with E-state index in [1.807, 2.05) is 0 Å². The Labute approximate surface area is 316 Å².